The van der Waals surface area contributed by atoms with Crippen molar-refractivity contribution < 1.29 is 37.0 Å². The van der Waals surface area contributed by atoms with Crippen LogP contribution in [0.5, 0.6) is 0 Å². The number of hydrogen-bond donors (Lipinski definition) is 2. The van der Waals surface area contributed by atoms with Gasteiger partial charge in [0.25, 0.3) is 6.43 Å². The second-order valence-electron chi connectivity index (χ2n) is 7.36. The molecule has 1 aromatic heterocycles. The van der Waals surface area contributed by atoms with Crippen LogP contribution >= 0.6 is 11.3 Å². The third-order valence-corrected chi connectivity index (χ3v) is 6.21. The van der Waals surface area contributed by atoms with E-state index in [-0.39, 0.29) is 10.4 Å². The summed E-state index contributed by atoms with van der Waals surface area (Å²) in [4.78, 5) is 11.7. The number of aliphatic hydroxyl groups excluding tert-OH is 1. The summed E-state index contributed by atoms with van der Waals surface area (Å²) >= 11 is 0.938. The lowest BCUT2D eigenvalue weighted by atomic mass is 9.93. The molecule has 0 bridgehead atoms. The number of hydrogen-bond acceptors (Lipinski definition) is 3. The average molecular weight is 478 g/mol. The number of carboxylic acids is 1. The van der Waals surface area contributed by atoms with Gasteiger partial charge < -0.3 is 10.2 Å². The Labute approximate surface area is 188 Å². The molecule has 3 aromatic carbocycles. The zero-order chi connectivity index (χ0) is 23.9. The first-order valence-corrected chi connectivity index (χ1v) is 10.5. The van der Waals surface area contributed by atoms with Gasteiger partial charge in [-0.3, -0.25) is 0 Å². The van der Waals surface area contributed by atoms with E-state index in [2.05, 4.69) is 0 Å². The molecule has 1 heterocycles. The van der Waals surface area contributed by atoms with Crippen molar-refractivity contribution in [3.63, 3.8) is 0 Å². The van der Waals surface area contributed by atoms with E-state index in [1.165, 1.54) is 30.3 Å². The molecule has 0 fully saturated rings. The molecular weight excluding hydrogens is 463 g/mol. The van der Waals surface area contributed by atoms with Gasteiger partial charge >= 0.3 is 12.1 Å². The van der Waals surface area contributed by atoms with Crippen molar-refractivity contribution in [1.82, 2.24) is 0 Å². The predicted octanol–water partition coefficient (Wildman–Crippen LogP) is 7.25. The Morgan fingerprint density at radius 1 is 0.879 bits per heavy atom. The molecule has 0 saturated heterocycles. The highest BCUT2D eigenvalue weighted by atomic mass is 32.1. The van der Waals surface area contributed by atoms with E-state index in [9.17, 15) is 37.0 Å². The molecule has 0 spiro atoms. The van der Waals surface area contributed by atoms with Crippen LogP contribution in [0.15, 0.2) is 66.0 Å². The quantitative estimate of drug-likeness (QED) is 0.297. The predicted molar refractivity (Wildman–Crippen MR) is 116 cm³/mol. The molecule has 2 N–H and O–H groups in total. The molecule has 0 aliphatic carbocycles. The van der Waals surface area contributed by atoms with Gasteiger partial charge in [-0.1, -0.05) is 24.3 Å². The Hall–Kier alpha value is -3.30. The summed E-state index contributed by atoms with van der Waals surface area (Å²) in [6, 6.07) is 13.9. The van der Waals surface area contributed by atoms with Crippen molar-refractivity contribution in [2.24, 2.45) is 0 Å². The summed E-state index contributed by atoms with van der Waals surface area (Å²) in [6.07, 6.45) is -9.35. The van der Waals surface area contributed by atoms with Crippen LogP contribution < -0.4 is 0 Å². The molecule has 4 aromatic rings. The molecule has 4 rings (SSSR count). The van der Waals surface area contributed by atoms with E-state index in [1.807, 2.05) is 0 Å². The van der Waals surface area contributed by atoms with Gasteiger partial charge in [0.1, 0.15) is 6.10 Å². The van der Waals surface area contributed by atoms with Gasteiger partial charge in [0.15, 0.2) is 0 Å². The smallest absolute Gasteiger partial charge is 0.416 e. The van der Waals surface area contributed by atoms with Crippen LogP contribution in [0.3, 0.4) is 0 Å². The molecule has 0 aliphatic heterocycles. The fourth-order valence-electron chi connectivity index (χ4n) is 3.54. The molecule has 0 radical (unpaired) electrons. The minimum absolute atomic E-state index is 0.0378. The average Bonchev–Trinajstić information content (AvgIpc) is 3.26. The number of rotatable bonds is 5. The van der Waals surface area contributed by atoms with Gasteiger partial charge in [-0.05, 0) is 74.8 Å². The van der Waals surface area contributed by atoms with Gasteiger partial charge in [-0.25, -0.2) is 13.6 Å². The first kappa shape index (κ1) is 22.9. The zero-order valence-electron chi connectivity index (χ0n) is 16.6. The Bertz CT molecular complexity index is 1330. The topological polar surface area (TPSA) is 57.5 Å². The molecule has 1 atom stereocenters. The van der Waals surface area contributed by atoms with Crippen molar-refractivity contribution in [1.29, 1.82) is 0 Å². The Morgan fingerprint density at radius 2 is 1.55 bits per heavy atom. The molecule has 170 valence electrons. The Morgan fingerprint density at radius 3 is 2.15 bits per heavy atom. The largest absolute Gasteiger partial charge is 0.478 e. The maximum atomic E-state index is 12.9. The van der Waals surface area contributed by atoms with Crippen molar-refractivity contribution >= 4 is 28.1 Å². The summed E-state index contributed by atoms with van der Waals surface area (Å²) in [5.74, 6) is -1.19. The molecule has 9 heteroatoms. The maximum Gasteiger partial charge on any atom is 0.416 e. The van der Waals surface area contributed by atoms with Gasteiger partial charge in [0, 0.05) is 4.88 Å². The van der Waals surface area contributed by atoms with Crippen LogP contribution in [0.1, 0.15) is 26.9 Å². The van der Waals surface area contributed by atoms with E-state index in [0.717, 1.165) is 23.5 Å². The number of carbonyl (C=O) groups is 1. The SMILES string of the molecule is O=C(O)c1cc(-c2csc(C(O)C(F)F)c2)c2ccc(-c3ccc(C(F)(F)F)cc3)cc2c1. The van der Waals surface area contributed by atoms with Crippen LogP contribution in [0.25, 0.3) is 33.0 Å². The third-order valence-electron chi connectivity index (χ3n) is 5.21. The number of alkyl halides is 5. The minimum Gasteiger partial charge on any atom is -0.478 e. The van der Waals surface area contributed by atoms with Gasteiger partial charge in [-0.2, -0.15) is 13.2 Å². The highest BCUT2D eigenvalue weighted by Gasteiger charge is 2.30. The van der Waals surface area contributed by atoms with Crippen molar-refractivity contribution in [2.75, 3.05) is 0 Å². The van der Waals surface area contributed by atoms with Gasteiger partial charge in [0.2, 0.25) is 0 Å². The molecular formula is C24H15F5O3S. The fourth-order valence-corrected chi connectivity index (χ4v) is 4.43. The van der Waals surface area contributed by atoms with Gasteiger partial charge in [0.05, 0.1) is 11.1 Å². The van der Waals surface area contributed by atoms with Crippen molar-refractivity contribution in [3.8, 4) is 22.3 Å². The second kappa shape index (κ2) is 8.57. The zero-order valence-corrected chi connectivity index (χ0v) is 17.4. The maximum absolute atomic E-state index is 12.9. The summed E-state index contributed by atoms with van der Waals surface area (Å²) in [5.41, 5.74) is 1.25. The number of fused-ring (bicyclic) bond motifs is 1. The fraction of sp³-hybridized carbons (Fsp3) is 0.125. The normalized spacial score (nSPS) is 12.9. The first-order valence-electron chi connectivity index (χ1n) is 9.58. The summed E-state index contributed by atoms with van der Waals surface area (Å²) in [5, 5.41) is 21.9. The van der Waals surface area contributed by atoms with E-state index in [1.54, 1.807) is 23.6 Å². The van der Waals surface area contributed by atoms with Crippen LogP contribution in [-0.2, 0) is 6.18 Å². The second-order valence-corrected chi connectivity index (χ2v) is 8.30. The first-order chi connectivity index (χ1) is 15.5. The number of carboxylic acid groups (broad SMARTS) is 1. The van der Waals surface area contributed by atoms with E-state index in [4.69, 9.17) is 0 Å². The third kappa shape index (κ3) is 4.60. The molecule has 1 unspecified atom stereocenters. The summed E-state index contributed by atoms with van der Waals surface area (Å²) < 4.78 is 64.2. The lowest BCUT2D eigenvalue weighted by Crippen LogP contribution is -2.05. The molecule has 0 aliphatic rings. The number of halogens is 5. The van der Waals surface area contributed by atoms with Crippen LogP contribution in [-0.4, -0.2) is 22.6 Å². The van der Waals surface area contributed by atoms with E-state index in [0.29, 0.717) is 33.0 Å². The molecule has 3 nitrogen and oxygen atoms in total. The van der Waals surface area contributed by atoms with Crippen molar-refractivity contribution in [3.05, 3.63) is 82.0 Å². The van der Waals surface area contributed by atoms with Crippen LogP contribution in [0.4, 0.5) is 22.0 Å². The minimum atomic E-state index is -4.45. The van der Waals surface area contributed by atoms with E-state index < -0.39 is 30.2 Å². The number of aliphatic hydroxyl groups is 1. The number of thiophene rings is 1. The lowest BCUT2D eigenvalue weighted by molar-refractivity contribution is -0.137. The molecule has 0 saturated carbocycles. The van der Waals surface area contributed by atoms with E-state index >= 15 is 0 Å². The number of benzene rings is 3. The van der Waals surface area contributed by atoms with Crippen LogP contribution in [0, 0.1) is 0 Å². The highest BCUT2D eigenvalue weighted by molar-refractivity contribution is 7.10. The monoisotopic (exact) mass is 478 g/mol. The Kier molecular flexibility index (Phi) is 5.94. The summed E-state index contributed by atoms with van der Waals surface area (Å²) in [6.45, 7) is 0. The summed E-state index contributed by atoms with van der Waals surface area (Å²) in [7, 11) is 0. The Balaban J connectivity index is 1.82. The number of aromatic carboxylic acids is 1. The van der Waals surface area contributed by atoms with Crippen molar-refractivity contribution in [2.45, 2.75) is 18.7 Å². The lowest BCUT2D eigenvalue weighted by Gasteiger charge is -2.11. The molecule has 33 heavy (non-hydrogen) atoms. The highest BCUT2D eigenvalue weighted by Crippen LogP contribution is 2.38. The molecule has 0 amide bonds. The van der Waals surface area contributed by atoms with Gasteiger partial charge in [-0.15, -0.1) is 11.3 Å². The standard InChI is InChI=1S/C24H15F5O3S/c25-22(26)21(30)20-10-16(11-33-20)19-9-15(23(31)32)8-14-7-13(3-6-18(14)19)12-1-4-17(5-2-12)24(27,28)29/h1-11,21-22,30H,(H,31,32). The van der Waals surface area contributed by atoms with Crippen LogP contribution in [0.2, 0.25) is 0 Å².